The summed E-state index contributed by atoms with van der Waals surface area (Å²) in [5.74, 6) is -0.668. The summed E-state index contributed by atoms with van der Waals surface area (Å²) in [6.45, 7) is 2.24. The van der Waals surface area contributed by atoms with E-state index in [1.807, 2.05) is 6.92 Å². The lowest BCUT2D eigenvalue weighted by Gasteiger charge is -2.07. The van der Waals surface area contributed by atoms with Crippen molar-refractivity contribution in [3.8, 4) is 5.75 Å². The van der Waals surface area contributed by atoms with Crippen LogP contribution < -0.4 is 4.74 Å². The minimum Gasteiger partial charge on any atom is -0.487 e. The van der Waals surface area contributed by atoms with Gasteiger partial charge >= 0.3 is 11.7 Å². The molecule has 0 saturated heterocycles. The Kier molecular flexibility index (Phi) is 4.45. The third-order valence-electron chi connectivity index (χ3n) is 2.05. The van der Waals surface area contributed by atoms with Gasteiger partial charge in [-0.15, -0.1) is 0 Å². The zero-order valence-electron chi connectivity index (χ0n) is 9.63. The Labute approximate surface area is 98.3 Å². The molecule has 0 aromatic heterocycles. The Morgan fingerprint density at radius 2 is 2.18 bits per heavy atom. The van der Waals surface area contributed by atoms with E-state index < -0.39 is 10.9 Å². The molecule has 0 heterocycles. The smallest absolute Gasteiger partial charge is 0.345 e. The number of ether oxygens (including phenoxy) is 2. The van der Waals surface area contributed by atoms with Crippen LogP contribution in [-0.2, 0) is 4.74 Å². The Hall–Kier alpha value is -2.11. The molecule has 0 aliphatic rings. The fourth-order valence-corrected chi connectivity index (χ4v) is 1.31. The van der Waals surface area contributed by atoms with Crippen LogP contribution in [-0.4, -0.2) is 24.6 Å². The summed E-state index contributed by atoms with van der Waals surface area (Å²) >= 11 is 0. The largest absolute Gasteiger partial charge is 0.487 e. The fraction of sp³-hybridized carbons (Fsp3) is 0.364. The number of para-hydroxylation sites is 1. The van der Waals surface area contributed by atoms with Gasteiger partial charge in [0.15, 0.2) is 5.75 Å². The first-order chi connectivity index (χ1) is 8.11. The molecule has 0 saturated carbocycles. The van der Waals surface area contributed by atoms with Gasteiger partial charge in [-0.1, -0.05) is 13.0 Å². The molecule has 6 heteroatoms. The lowest BCUT2D eigenvalue weighted by Crippen LogP contribution is -2.08. The number of esters is 1. The molecule has 92 valence electrons. The molecular weight excluding hydrogens is 226 g/mol. The first kappa shape index (κ1) is 13.0. The highest BCUT2D eigenvalue weighted by molar-refractivity contribution is 5.95. The van der Waals surface area contributed by atoms with Crippen LogP contribution in [0.5, 0.6) is 5.75 Å². The minimum atomic E-state index is -0.751. The normalized spacial score (nSPS) is 9.76. The van der Waals surface area contributed by atoms with Crippen molar-refractivity contribution in [3.63, 3.8) is 0 Å². The van der Waals surface area contributed by atoms with Gasteiger partial charge in [0.1, 0.15) is 5.56 Å². The number of hydrogen-bond acceptors (Lipinski definition) is 5. The first-order valence-corrected chi connectivity index (χ1v) is 5.10. The van der Waals surface area contributed by atoms with Gasteiger partial charge in [-0.3, -0.25) is 10.1 Å². The van der Waals surface area contributed by atoms with Crippen LogP contribution in [0, 0.1) is 10.1 Å². The van der Waals surface area contributed by atoms with Crippen molar-refractivity contribution < 1.29 is 19.2 Å². The van der Waals surface area contributed by atoms with E-state index in [1.54, 1.807) is 0 Å². The molecule has 17 heavy (non-hydrogen) atoms. The van der Waals surface area contributed by atoms with Crippen molar-refractivity contribution in [2.75, 3.05) is 13.7 Å². The van der Waals surface area contributed by atoms with Gasteiger partial charge in [-0.05, 0) is 18.6 Å². The van der Waals surface area contributed by atoms with Crippen LogP contribution in [0.3, 0.4) is 0 Å². The molecule has 1 aromatic rings. The highest BCUT2D eigenvalue weighted by Crippen LogP contribution is 2.31. The van der Waals surface area contributed by atoms with E-state index in [9.17, 15) is 14.9 Å². The quantitative estimate of drug-likeness (QED) is 0.447. The lowest BCUT2D eigenvalue weighted by atomic mass is 10.1. The predicted octanol–water partition coefficient (Wildman–Crippen LogP) is 2.17. The summed E-state index contributed by atoms with van der Waals surface area (Å²) in [6.07, 6.45) is 0.722. The SMILES string of the molecule is CCCOc1cccc(C(=O)OC)c1[N+](=O)[O-]. The van der Waals surface area contributed by atoms with Gasteiger partial charge in [0.25, 0.3) is 0 Å². The second-order valence-corrected chi connectivity index (χ2v) is 3.25. The molecule has 0 N–H and O–H groups in total. The summed E-state index contributed by atoms with van der Waals surface area (Å²) in [5.41, 5.74) is -0.459. The van der Waals surface area contributed by atoms with Crippen molar-refractivity contribution in [2.45, 2.75) is 13.3 Å². The number of hydrogen-bond donors (Lipinski definition) is 0. The third kappa shape index (κ3) is 2.93. The summed E-state index contributed by atoms with van der Waals surface area (Å²) < 4.78 is 9.72. The number of methoxy groups -OCH3 is 1. The molecule has 6 nitrogen and oxygen atoms in total. The molecule has 0 aliphatic carbocycles. The van der Waals surface area contributed by atoms with Crippen molar-refractivity contribution in [2.24, 2.45) is 0 Å². The zero-order valence-corrected chi connectivity index (χ0v) is 9.63. The second kappa shape index (κ2) is 5.83. The molecule has 1 aromatic carbocycles. The van der Waals surface area contributed by atoms with E-state index in [1.165, 1.54) is 25.3 Å². The van der Waals surface area contributed by atoms with Gasteiger partial charge in [-0.2, -0.15) is 0 Å². The second-order valence-electron chi connectivity index (χ2n) is 3.25. The van der Waals surface area contributed by atoms with Crippen molar-refractivity contribution in [1.82, 2.24) is 0 Å². The van der Waals surface area contributed by atoms with Gasteiger partial charge in [0, 0.05) is 0 Å². The molecule has 0 unspecified atom stereocenters. The standard InChI is InChI=1S/C11H13NO5/c1-3-7-17-9-6-4-5-8(11(13)16-2)10(9)12(14)15/h4-6H,3,7H2,1-2H3. The number of carbonyl (C=O) groups excluding carboxylic acids is 1. The van der Waals surface area contributed by atoms with Gasteiger partial charge in [-0.25, -0.2) is 4.79 Å². The molecule has 0 radical (unpaired) electrons. The maximum atomic E-state index is 11.4. The Morgan fingerprint density at radius 3 is 2.71 bits per heavy atom. The Balaban J connectivity index is 3.22. The summed E-state index contributed by atoms with van der Waals surface area (Å²) in [4.78, 5) is 21.7. The fourth-order valence-electron chi connectivity index (χ4n) is 1.31. The molecule has 0 spiro atoms. The van der Waals surface area contributed by atoms with E-state index in [-0.39, 0.29) is 17.0 Å². The summed E-state index contributed by atoms with van der Waals surface area (Å²) in [7, 11) is 1.17. The van der Waals surface area contributed by atoms with Crippen LogP contribution in [0.2, 0.25) is 0 Å². The van der Waals surface area contributed by atoms with Gasteiger partial charge < -0.3 is 9.47 Å². The molecular formula is C11H13NO5. The minimum absolute atomic E-state index is 0.0831. The van der Waals surface area contributed by atoms with Crippen molar-refractivity contribution in [1.29, 1.82) is 0 Å². The van der Waals surface area contributed by atoms with Crippen LogP contribution >= 0.6 is 0 Å². The van der Waals surface area contributed by atoms with E-state index in [4.69, 9.17) is 4.74 Å². The molecule has 0 fully saturated rings. The monoisotopic (exact) mass is 239 g/mol. The number of nitro benzene ring substituents is 1. The average molecular weight is 239 g/mol. The molecule has 0 bridgehead atoms. The van der Waals surface area contributed by atoms with Gasteiger partial charge in [0.2, 0.25) is 0 Å². The van der Waals surface area contributed by atoms with Crippen LogP contribution in [0.4, 0.5) is 5.69 Å². The number of rotatable bonds is 5. The Bertz CT molecular complexity index is 430. The van der Waals surface area contributed by atoms with Crippen LogP contribution in [0.1, 0.15) is 23.7 Å². The average Bonchev–Trinajstić information content (AvgIpc) is 2.34. The van der Waals surface area contributed by atoms with E-state index in [2.05, 4.69) is 4.74 Å². The van der Waals surface area contributed by atoms with Gasteiger partial charge in [0.05, 0.1) is 18.6 Å². The predicted molar refractivity (Wildman–Crippen MR) is 60.2 cm³/mol. The summed E-state index contributed by atoms with van der Waals surface area (Å²) in [5, 5.41) is 10.9. The van der Waals surface area contributed by atoms with Crippen LogP contribution in [0.15, 0.2) is 18.2 Å². The Morgan fingerprint density at radius 1 is 1.47 bits per heavy atom. The number of benzene rings is 1. The number of nitro groups is 1. The highest BCUT2D eigenvalue weighted by atomic mass is 16.6. The number of carbonyl (C=O) groups is 1. The van der Waals surface area contributed by atoms with Crippen LogP contribution in [0.25, 0.3) is 0 Å². The molecule has 0 atom stereocenters. The van der Waals surface area contributed by atoms with E-state index in [0.29, 0.717) is 6.61 Å². The van der Waals surface area contributed by atoms with E-state index >= 15 is 0 Å². The highest BCUT2D eigenvalue weighted by Gasteiger charge is 2.25. The summed E-state index contributed by atoms with van der Waals surface area (Å²) in [6, 6.07) is 4.31. The molecule has 0 aliphatic heterocycles. The number of nitrogens with zero attached hydrogens (tertiary/aromatic N) is 1. The lowest BCUT2D eigenvalue weighted by molar-refractivity contribution is -0.386. The topological polar surface area (TPSA) is 78.7 Å². The van der Waals surface area contributed by atoms with Crippen molar-refractivity contribution >= 4 is 11.7 Å². The zero-order chi connectivity index (χ0) is 12.8. The van der Waals surface area contributed by atoms with Crippen molar-refractivity contribution in [3.05, 3.63) is 33.9 Å². The first-order valence-electron chi connectivity index (χ1n) is 5.10. The van der Waals surface area contributed by atoms with E-state index in [0.717, 1.165) is 6.42 Å². The maximum absolute atomic E-state index is 11.4. The molecule has 0 amide bonds. The third-order valence-corrected chi connectivity index (χ3v) is 2.05. The maximum Gasteiger partial charge on any atom is 0.345 e. The molecule has 1 rings (SSSR count).